The van der Waals surface area contributed by atoms with Gasteiger partial charge in [0.2, 0.25) is 17.7 Å². The fourth-order valence-corrected chi connectivity index (χ4v) is 5.54. The Morgan fingerprint density at radius 1 is 0.959 bits per heavy atom. The summed E-state index contributed by atoms with van der Waals surface area (Å²) in [5.74, 6) is -4.29. The first-order chi connectivity index (χ1) is 23.4. The topological polar surface area (TPSA) is 182 Å². The van der Waals surface area contributed by atoms with E-state index in [2.05, 4.69) is 20.7 Å². The van der Waals surface area contributed by atoms with Crippen LogP contribution in [0.5, 0.6) is 11.5 Å². The van der Waals surface area contributed by atoms with Crippen molar-refractivity contribution in [1.29, 1.82) is 0 Å². The second-order valence-corrected chi connectivity index (χ2v) is 12.1. The van der Waals surface area contributed by atoms with Gasteiger partial charge in [0.15, 0.2) is 0 Å². The number of amides is 3. The first-order valence-corrected chi connectivity index (χ1v) is 16.0. The van der Waals surface area contributed by atoms with Crippen LogP contribution >= 0.6 is 0 Å². The first-order valence-electron chi connectivity index (χ1n) is 16.0. The summed E-state index contributed by atoms with van der Waals surface area (Å²) in [7, 11) is 2.76. The third-order valence-electron chi connectivity index (χ3n) is 8.29. The summed E-state index contributed by atoms with van der Waals surface area (Å²) >= 11 is 0. The van der Waals surface area contributed by atoms with Crippen molar-refractivity contribution in [2.45, 2.75) is 64.8 Å². The van der Waals surface area contributed by atoms with E-state index in [4.69, 9.17) is 14.5 Å². The number of aliphatic carboxylic acids is 1. The molecule has 2 aromatic carbocycles. The summed E-state index contributed by atoms with van der Waals surface area (Å²) in [4.78, 5) is 69.0. The monoisotopic (exact) mass is 674 g/mol. The van der Waals surface area contributed by atoms with Crippen molar-refractivity contribution < 1.29 is 43.3 Å². The van der Waals surface area contributed by atoms with Crippen LogP contribution in [0.3, 0.4) is 0 Å². The van der Waals surface area contributed by atoms with E-state index in [0.29, 0.717) is 28.1 Å². The summed E-state index contributed by atoms with van der Waals surface area (Å²) in [6.45, 7) is 6.52. The van der Waals surface area contributed by atoms with Gasteiger partial charge in [-0.3, -0.25) is 14.4 Å². The van der Waals surface area contributed by atoms with Crippen molar-refractivity contribution in [3.05, 3.63) is 66.2 Å². The lowest BCUT2D eigenvalue weighted by Crippen LogP contribution is -2.54. The highest BCUT2D eigenvalue weighted by Crippen LogP contribution is 2.36. The number of rotatable bonds is 14. The number of esters is 1. The predicted molar refractivity (Wildman–Crippen MR) is 181 cm³/mol. The molecule has 0 saturated heterocycles. The van der Waals surface area contributed by atoms with Gasteiger partial charge in [-0.05, 0) is 37.5 Å². The number of methoxy groups -OCH3 is 2. The number of carbonyl (C=O) groups excluding carboxylic acids is 4. The minimum absolute atomic E-state index is 0.0171. The van der Waals surface area contributed by atoms with Crippen molar-refractivity contribution >= 4 is 40.6 Å². The fraction of sp³-hybridized carbons (Fsp3) is 0.389. The molecule has 0 saturated carbocycles. The molecule has 0 spiro atoms. The predicted octanol–water partition coefficient (Wildman–Crippen LogP) is 3.40. The number of ether oxygens (including phenoxy) is 3. The van der Waals surface area contributed by atoms with E-state index in [1.807, 2.05) is 36.4 Å². The van der Waals surface area contributed by atoms with Gasteiger partial charge in [-0.25, -0.2) is 14.6 Å². The quantitative estimate of drug-likeness (QED) is 0.185. The molecule has 1 aromatic heterocycles. The molecule has 2 unspecified atom stereocenters. The molecule has 1 aliphatic rings. The minimum Gasteiger partial charge on any atom is -0.497 e. The van der Waals surface area contributed by atoms with E-state index in [9.17, 15) is 29.1 Å². The zero-order valence-corrected chi connectivity index (χ0v) is 28.3. The van der Waals surface area contributed by atoms with Crippen LogP contribution in [0.1, 0.15) is 40.5 Å². The van der Waals surface area contributed by atoms with Crippen LogP contribution in [-0.2, 0) is 28.7 Å². The Hall–Kier alpha value is -5.46. The van der Waals surface area contributed by atoms with Crippen LogP contribution in [-0.4, -0.2) is 78.2 Å². The average Bonchev–Trinajstić information content (AvgIpc) is 3.52. The summed E-state index contributed by atoms with van der Waals surface area (Å²) in [5, 5.41) is 18.0. The summed E-state index contributed by atoms with van der Waals surface area (Å²) in [5.41, 5.74) is 2.09. The number of carbonyl (C=O) groups is 5. The van der Waals surface area contributed by atoms with E-state index < -0.39 is 65.7 Å². The standard InChI is InChI=1S/C36H42N4O9/c1-7-27(35(44)45)39-32(41)25-15-23(16-26(25)33(42)40-31(19(2)3)34(43)37-20(4)36(46)48-6)49-30-18-28(21-11-9-8-10-12-21)38-29-17-22(47-5)13-14-24(29)30/h8-14,16-20,23,25,27,31H,7,15H2,1-6H3,(H,37,43)(H,39,41)(H,40,42)(H,44,45)/t20-,23?,25?,27-,31-/m0/s1. The van der Waals surface area contributed by atoms with Gasteiger partial charge in [0, 0.05) is 35.1 Å². The third kappa shape index (κ3) is 8.72. The lowest BCUT2D eigenvalue weighted by atomic mass is 9.97. The van der Waals surface area contributed by atoms with Crippen molar-refractivity contribution in [1.82, 2.24) is 20.9 Å². The maximum Gasteiger partial charge on any atom is 0.328 e. The van der Waals surface area contributed by atoms with Crippen molar-refractivity contribution in [3.63, 3.8) is 0 Å². The van der Waals surface area contributed by atoms with Gasteiger partial charge in [-0.2, -0.15) is 0 Å². The molecule has 13 nitrogen and oxygen atoms in total. The molecule has 3 amide bonds. The second-order valence-electron chi connectivity index (χ2n) is 12.1. The van der Waals surface area contributed by atoms with Crippen LogP contribution in [0.25, 0.3) is 22.2 Å². The zero-order valence-electron chi connectivity index (χ0n) is 28.3. The van der Waals surface area contributed by atoms with E-state index in [1.54, 1.807) is 46.1 Å². The molecule has 0 fully saturated rings. The number of aromatic nitrogens is 1. The molecule has 1 heterocycles. The van der Waals surface area contributed by atoms with Crippen molar-refractivity contribution in [3.8, 4) is 22.8 Å². The van der Waals surface area contributed by atoms with Gasteiger partial charge in [-0.15, -0.1) is 0 Å². The number of nitrogens with one attached hydrogen (secondary N) is 3. The number of fused-ring (bicyclic) bond motifs is 1. The number of carboxylic acid groups (broad SMARTS) is 1. The minimum atomic E-state index is -1.21. The normalized spacial score (nSPS) is 17.3. The third-order valence-corrected chi connectivity index (χ3v) is 8.29. The van der Waals surface area contributed by atoms with Crippen molar-refractivity contribution in [2.24, 2.45) is 11.8 Å². The SMILES string of the molecule is CC[C@H](NC(=O)C1CC(Oc2cc(-c3ccccc3)nc3cc(OC)ccc23)C=C1C(=O)N[C@H](C(=O)N[C@@H](C)C(=O)OC)C(C)C)C(=O)O. The second kappa shape index (κ2) is 16.1. The molecule has 3 aromatic rings. The van der Waals surface area contributed by atoms with Gasteiger partial charge in [-0.1, -0.05) is 51.1 Å². The largest absolute Gasteiger partial charge is 0.497 e. The molecule has 0 aliphatic heterocycles. The smallest absolute Gasteiger partial charge is 0.328 e. The Balaban J connectivity index is 1.70. The molecular formula is C36H42N4O9. The van der Waals surface area contributed by atoms with E-state index in [0.717, 1.165) is 5.56 Å². The molecule has 0 radical (unpaired) electrons. The molecule has 260 valence electrons. The number of pyridine rings is 1. The molecule has 1 aliphatic carbocycles. The number of carboxylic acids is 1. The van der Waals surface area contributed by atoms with Crippen LogP contribution < -0.4 is 25.4 Å². The Kier molecular flexibility index (Phi) is 11.9. The lowest BCUT2D eigenvalue weighted by molar-refractivity contribution is -0.145. The average molecular weight is 675 g/mol. The van der Waals surface area contributed by atoms with Crippen LogP contribution in [0.15, 0.2) is 66.2 Å². The molecular weight excluding hydrogens is 632 g/mol. The molecule has 5 atom stereocenters. The Morgan fingerprint density at radius 2 is 1.67 bits per heavy atom. The molecule has 4 N–H and O–H groups in total. The van der Waals surface area contributed by atoms with Gasteiger partial charge in [0.25, 0.3) is 0 Å². The van der Waals surface area contributed by atoms with E-state index in [1.165, 1.54) is 20.1 Å². The number of nitrogens with zero attached hydrogens (tertiary/aromatic N) is 1. The number of hydrogen-bond donors (Lipinski definition) is 4. The maximum atomic E-state index is 13.8. The van der Waals surface area contributed by atoms with Crippen molar-refractivity contribution in [2.75, 3.05) is 14.2 Å². The molecule has 13 heteroatoms. The van der Waals surface area contributed by atoms with E-state index in [-0.39, 0.29) is 18.4 Å². The maximum absolute atomic E-state index is 13.8. The van der Waals surface area contributed by atoms with Crippen LogP contribution in [0.2, 0.25) is 0 Å². The van der Waals surface area contributed by atoms with Gasteiger partial charge >= 0.3 is 11.9 Å². The summed E-state index contributed by atoms with van der Waals surface area (Å²) < 4.78 is 16.6. The number of hydrogen-bond acceptors (Lipinski definition) is 9. The Bertz CT molecular complexity index is 1740. The van der Waals surface area contributed by atoms with Crippen LogP contribution in [0.4, 0.5) is 0 Å². The molecule has 4 rings (SSSR count). The number of benzene rings is 2. The molecule has 0 bridgehead atoms. The van der Waals surface area contributed by atoms with E-state index >= 15 is 0 Å². The highest BCUT2D eigenvalue weighted by Gasteiger charge is 2.39. The van der Waals surface area contributed by atoms with Crippen LogP contribution in [0, 0.1) is 11.8 Å². The van der Waals surface area contributed by atoms with Gasteiger partial charge in [0.1, 0.15) is 35.7 Å². The first kappa shape index (κ1) is 36.4. The Morgan fingerprint density at radius 3 is 2.29 bits per heavy atom. The van der Waals surface area contributed by atoms with Gasteiger partial charge < -0.3 is 35.3 Å². The molecule has 49 heavy (non-hydrogen) atoms. The zero-order chi connectivity index (χ0) is 35.8. The lowest BCUT2D eigenvalue weighted by Gasteiger charge is -2.25. The Labute approximate surface area is 284 Å². The summed E-state index contributed by atoms with van der Waals surface area (Å²) in [6, 6.07) is 13.4. The highest BCUT2D eigenvalue weighted by atomic mass is 16.5. The van der Waals surface area contributed by atoms with Gasteiger partial charge in [0.05, 0.1) is 31.3 Å². The fourth-order valence-electron chi connectivity index (χ4n) is 5.54. The highest BCUT2D eigenvalue weighted by molar-refractivity contribution is 6.03. The summed E-state index contributed by atoms with van der Waals surface area (Å²) in [6.07, 6.45) is 0.875.